The molecule has 128 valence electrons. The number of aromatic nitrogens is 2. The molecule has 0 radical (unpaired) electrons. The van der Waals surface area contributed by atoms with Crippen molar-refractivity contribution in [3.8, 4) is 0 Å². The van der Waals surface area contributed by atoms with E-state index < -0.39 is 11.6 Å². The molecule has 9 heteroatoms. The zero-order valence-corrected chi connectivity index (χ0v) is 14.0. The number of rotatable bonds is 4. The van der Waals surface area contributed by atoms with Crippen molar-refractivity contribution in [1.82, 2.24) is 9.97 Å². The van der Waals surface area contributed by atoms with Crippen molar-refractivity contribution in [1.29, 1.82) is 0 Å². The van der Waals surface area contributed by atoms with Gasteiger partial charge in [0, 0.05) is 11.1 Å². The standard InChI is InChI=1S/C16H11Cl2F2N5/c17-8-1-3-12(10(18)5-8)24-15-14(21)16(23-7-22-15)25-13-4-2-9(19)6-11(13)20/h1-7H,21H2,(H2,22,23,24,25). The van der Waals surface area contributed by atoms with Crippen LogP contribution in [0.25, 0.3) is 0 Å². The van der Waals surface area contributed by atoms with Crippen LogP contribution >= 0.6 is 23.2 Å². The Morgan fingerprint density at radius 3 is 2.16 bits per heavy atom. The van der Waals surface area contributed by atoms with Gasteiger partial charge in [0.05, 0.1) is 16.4 Å². The number of anilines is 5. The summed E-state index contributed by atoms with van der Waals surface area (Å²) in [5.74, 6) is -1.02. The van der Waals surface area contributed by atoms with Gasteiger partial charge in [-0.2, -0.15) is 0 Å². The molecule has 0 aliphatic rings. The Hall–Kier alpha value is -2.64. The predicted octanol–water partition coefficient (Wildman–Crippen LogP) is 5.13. The quantitative estimate of drug-likeness (QED) is 0.583. The summed E-state index contributed by atoms with van der Waals surface area (Å²) in [6, 6.07) is 8.01. The Kier molecular flexibility index (Phi) is 4.87. The fourth-order valence-corrected chi connectivity index (χ4v) is 2.49. The van der Waals surface area contributed by atoms with Gasteiger partial charge in [-0.1, -0.05) is 23.2 Å². The molecule has 2 aromatic carbocycles. The van der Waals surface area contributed by atoms with Crippen LogP contribution in [-0.4, -0.2) is 9.97 Å². The SMILES string of the molecule is Nc1c(Nc2ccc(F)cc2F)ncnc1Nc1ccc(Cl)cc1Cl. The van der Waals surface area contributed by atoms with E-state index in [4.69, 9.17) is 28.9 Å². The molecule has 5 nitrogen and oxygen atoms in total. The largest absolute Gasteiger partial charge is 0.393 e. The fraction of sp³-hybridized carbons (Fsp3) is 0. The average Bonchev–Trinajstić information content (AvgIpc) is 2.56. The lowest BCUT2D eigenvalue weighted by Crippen LogP contribution is -2.06. The second kappa shape index (κ2) is 7.08. The molecule has 4 N–H and O–H groups in total. The number of hydrogen-bond donors (Lipinski definition) is 3. The summed E-state index contributed by atoms with van der Waals surface area (Å²) < 4.78 is 26.8. The van der Waals surface area contributed by atoms with Gasteiger partial charge in [-0.15, -0.1) is 0 Å². The first kappa shape index (κ1) is 17.2. The van der Waals surface area contributed by atoms with E-state index in [0.717, 1.165) is 12.1 Å². The summed E-state index contributed by atoms with van der Waals surface area (Å²) >= 11 is 12.0. The van der Waals surface area contributed by atoms with Crippen molar-refractivity contribution in [3.63, 3.8) is 0 Å². The third-order valence-corrected chi connectivity index (χ3v) is 3.80. The highest BCUT2D eigenvalue weighted by atomic mass is 35.5. The highest BCUT2D eigenvalue weighted by Gasteiger charge is 2.12. The van der Waals surface area contributed by atoms with Crippen LogP contribution in [0.5, 0.6) is 0 Å². The van der Waals surface area contributed by atoms with Crippen molar-refractivity contribution in [3.05, 3.63) is 64.4 Å². The van der Waals surface area contributed by atoms with Gasteiger partial charge in [-0.25, -0.2) is 18.7 Å². The van der Waals surface area contributed by atoms with Crippen molar-refractivity contribution >= 4 is 51.9 Å². The third kappa shape index (κ3) is 3.89. The number of nitrogens with two attached hydrogens (primary N) is 1. The van der Waals surface area contributed by atoms with E-state index in [1.165, 1.54) is 12.4 Å². The molecular formula is C16H11Cl2F2N5. The smallest absolute Gasteiger partial charge is 0.159 e. The maximum Gasteiger partial charge on any atom is 0.159 e. The molecule has 0 aliphatic carbocycles. The zero-order chi connectivity index (χ0) is 18.0. The van der Waals surface area contributed by atoms with Gasteiger partial charge in [-0.05, 0) is 30.3 Å². The van der Waals surface area contributed by atoms with Crippen LogP contribution in [-0.2, 0) is 0 Å². The minimum atomic E-state index is -0.770. The number of halogens is 4. The van der Waals surface area contributed by atoms with E-state index in [1.54, 1.807) is 18.2 Å². The van der Waals surface area contributed by atoms with Crippen LogP contribution in [0.1, 0.15) is 0 Å². The molecule has 0 spiro atoms. The summed E-state index contributed by atoms with van der Waals surface area (Å²) in [6.07, 6.45) is 1.24. The third-order valence-electron chi connectivity index (χ3n) is 3.25. The van der Waals surface area contributed by atoms with Crippen molar-refractivity contribution in [2.75, 3.05) is 16.4 Å². The van der Waals surface area contributed by atoms with Gasteiger partial charge < -0.3 is 16.4 Å². The van der Waals surface area contributed by atoms with Crippen LogP contribution in [0, 0.1) is 11.6 Å². The van der Waals surface area contributed by atoms with E-state index in [-0.39, 0.29) is 23.0 Å². The van der Waals surface area contributed by atoms with E-state index in [9.17, 15) is 8.78 Å². The summed E-state index contributed by atoms with van der Waals surface area (Å²) in [4.78, 5) is 8.02. The molecule has 3 rings (SSSR count). The first-order chi connectivity index (χ1) is 11.9. The summed E-state index contributed by atoms with van der Waals surface area (Å²) in [7, 11) is 0. The molecule has 0 aliphatic heterocycles. The van der Waals surface area contributed by atoms with Gasteiger partial charge in [-0.3, -0.25) is 0 Å². The lowest BCUT2D eigenvalue weighted by molar-refractivity contribution is 0.586. The lowest BCUT2D eigenvalue weighted by Gasteiger charge is -2.13. The van der Waals surface area contributed by atoms with E-state index in [0.29, 0.717) is 15.7 Å². The predicted molar refractivity (Wildman–Crippen MR) is 95.8 cm³/mol. The summed E-state index contributed by atoms with van der Waals surface area (Å²) in [5.41, 5.74) is 6.73. The Labute approximate surface area is 151 Å². The van der Waals surface area contributed by atoms with Crippen LogP contribution < -0.4 is 16.4 Å². The minimum Gasteiger partial charge on any atom is -0.393 e. The Balaban J connectivity index is 1.89. The molecule has 1 heterocycles. The van der Waals surface area contributed by atoms with Crippen LogP contribution in [0.2, 0.25) is 10.0 Å². The maximum atomic E-state index is 13.8. The molecule has 0 amide bonds. The first-order valence-electron chi connectivity index (χ1n) is 6.98. The van der Waals surface area contributed by atoms with Crippen LogP contribution in [0.15, 0.2) is 42.7 Å². The fourth-order valence-electron chi connectivity index (χ4n) is 2.03. The average molecular weight is 382 g/mol. The normalized spacial score (nSPS) is 10.6. The summed E-state index contributed by atoms with van der Waals surface area (Å²) in [5, 5.41) is 6.53. The van der Waals surface area contributed by atoms with Gasteiger partial charge in [0.15, 0.2) is 11.6 Å². The number of nitrogen functional groups attached to an aromatic ring is 1. The molecule has 0 bridgehead atoms. The number of benzene rings is 2. The topological polar surface area (TPSA) is 75.9 Å². The molecule has 25 heavy (non-hydrogen) atoms. The highest BCUT2D eigenvalue weighted by Crippen LogP contribution is 2.32. The first-order valence-corrected chi connectivity index (χ1v) is 7.74. The molecule has 0 unspecified atom stereocenters. The number of nitrogens with zero attached hydrogens (tertiary/aromatic N) is 2. The Morgan fingerprint density at radius 2 is 1.52 bits per heavy atom. The molecule has 0 saturated heterocycles. The zero-order valence-electron chi connectivity index (χ0n) is 12.5. The van der Waals surface area contributed by atoms with Crippen molar-refractivity contribution < 1.29 is 8.78 Å². The molecule has 1 aromatic heterocycles. The molecule has 0 atom stereocenters. The molecule has 3 aromatic rings. The summed E-state index contributed by atoms with van der Waals surface area (Å²) in [6.45, 7) is 0. The van der Waals surface area contributed by atoms with Gasteiger partial charge in [0.25, 0.3) is 0 Å². The molecule has 0 fully saturated rings. The molecular weight excluding hydrogens is 371 g/mol. The second-order valence-electron chi connectivity index (χ2n) is 4.98. The monoisotopic (exact) mass is 381 g/mol. The van der Waals surface area contributed by atoms with Gasteiger partial charge >= 0.3 is 0 Å². The van der Waals surface area contributed by atoms with Crippen LogP contribution in [0.3, 0.4) is 0 Å². The van der Waals surface area contributed by atoms with E-state index in [1.807, 2.05) is 0 Å². The van der Waals surface area contributed by atoms with E-state index >= 15 is 0 Å². The lowest BCUT2D eigenvalue weighted by atomic mass is 10.3. The van der Waals surface area contributed by atoms with Crippen molar-refractivity contribution in [2.45, 2.75) is 0 Å². The van der Waals surface area contributed by atoms with Gasteiger partial charge in [0.2, 0.25) is 0 Å². The number of hydrogen-bond acceptors (Lipinski definition) is 5. The Bertz CT molecular complexity index is 865. The second-order valence-corrected chi connectivity index (χ2v) is 5.83. The maximum absolute atomic E-state index is 13.8. The van der Waals surface area contributed by atoms with Crippen molar-refractivity contribution in [2.24, 2.45) is 0 Å². The van der Waals surface area contributed by atoms with Gasteiger partial charge in [0.1, 0.15) is 23.6 Å². The minimum absolute atomic E-state index is 0.0299. The van der Waals surface area contributed by atoms with Crippen LogP contribution in [0.4, 0.5) is 37.5 Å². The Morgan fingerprint density at radius 1 is 0.880 bits per heavy atom. The molecule has 0 saturated carbocycles. The number of nitrogens with one attached hydrogen (secondary N) is 2. The van der Waals surface area contributed by atoms with E-state index in [2.05, 4.69) is 20.6 Å². The highest BCUT2D eigenvalue weighted by molar-refractivity contribution is 6.36.